The molecule has 3 aliphatic carbocycles. The molecular formula is C29H31NO2S. The molecule has 0 radical (unpaired) electrons. The highest BCUT2D eigenvalue weighted by Gasteiger charge is 2.43. The van der Waals surface area contributed by atoms with E-state index in [9.17, 15) is 0 Å². The van der Waals surface area contributed by atoms with Crippen molar-refractivity contribution in [2.75, 3.05) is 33.4 Å². The second-order valence-electron chi connectivity index (χ2n) is 9.35. The largest absolute Gasteiger partial charge is 0.497 e. The second-order valence-corrected chi connectivity index (χ2v) is 10.5. The molecule has 1 aromatic carbocycles. The Bertz CT molecular complexity index is 1110. The molecule has 0 aromatic heterocycles. The van der Waals surface area contributed by atoms with Crippen LogP contribution in [0.5, 0.6) is 5.75 Å². The van der Waals surface area contributed by atoms with Gasteiger partial charge in [-0.2, -0.15) is 0 Å². The normalized spacial score (nSPS) is 26.1. The third-order valence-electron chi connectivity index (χ3n) is 7.39. The van der Waals surface area contributed by atoms with Crippen molar-refractivity contribution in [1.29, 1.82) is 0 Å². The monoisotopic (exact) mass is 457 g/mol. The summed E-state index contributed by atoms with van der Waals surface area (Å²) < 4.78 is 11.6. The van der Waals surface area contributed by atoms with Crippen molar-refractivity contribution in [3.05, 3.63) is 93.0 Å². The summed E-state index contributed by atoms with van der Waals surface area (Å²) in [4.78, 5) is 5.46. The maximum Gasteiger partial charge on any atom is 0.119 e. The van der Waals surface area contributed by atoms with Gasteiger partial charge in [0.15, 0.2) is 0 Å². The number of piperidine rings is 1. The number of nitrogens with zero attached hydrogens (tertiary/aromatic N) is 1. The zero-order valence-electron chi connectivity index (χ0n) is 19.3. The third kappa shape index (κ3) is 3.94. The summed E-state index contributed by atoms with van der Waals surface area (Å²) in [6, 6.07) is 8.81. The molecule has 170 valence electrons. The van der Waals surface area contributed by atoms with E-state index in [2.05, 4.69) is 65.6 Å². The highest BCUT2D eigenvalue weighted by molar-refractivity contribution is 8.07. The van der Waals surface area contributed by atoms with E-state index in [-0.39, 0.29) is 0 Å². The van der Waals surface area contributed by atoms with Crippen LogP contribution >= 0.6 is 11.8 Å². The number of thioether (sulfide) groups is 1. The van der Waals surface area contributed by atoms with E-state index < -0.39 is 0 Å². The first-order valence-electron chi connectivity index (χ1n) is 12.2. The Hall–Kier alpha value is -2.43. The molecule has 1 saturated heterocycles. The summed E-state index contributed by atoms with van der Waals surface area (Å²) >= 11 is 1.96. The summed E-state index contributed by atoms with van der Waals surface area (Å²) in [6.45, 7) is 4.23. The molecule has 0 saturated carbocycles. The van der Waals surface area contributed by atoms with Crippen LogP contribution in [0.25, 0.3) is 5.57 Å². The lowest BCUT2D eigenvalue weighted by molar-refractivity contribution is 0.183. The van der Waals surface area contributed by atoms with Crippen LogP contribution < -0.4 is 4.74 Å². The molecule has 2 heterocycles. The van der Waals surface area contributed by atoms with Gasteiger partial charge in [0, 0.05) is 28.2 Å². The first kappa shape index (κ1) is 21.1. The van der Waals surface area contributed by atoms with Crippen LogP contribution in [0.15, 0.2) is 87.4 Å². The summed E-state index contributed by atoms with van der Waals surface area (Å²) in [7, 11) is 1.76. The number of hydrogen-bond donors (Lipinski definition) is 0. The van der Waals surface area contributed by atoms with Crippen LogP contribution in [0.4, 0.5) is 0 Å². The van der Waals surface area contributed by atoms with Gasteiger partial charge in [-0.1, -0.05) is 54.6 Å². The fraction of sp³-hybridized carbons (Fsp3) is 0.379. The lowest BCUT2D eigenvalue weighted by Gasteiger charge is -2.26. The number of ether oxygens (including phenoxy) is 2. The average molecular weight is 458 g/mol. The first-order chi connectivity index (χ1) is 16.3. The molecule has 0 N–H and O–H groups in total. The molecule has 1 aromatic rings. The molecule has 2 atom stereocenters. The zero-order valence-corrected chi connectivity index (χ0v) is 20.1. The molecule has 33 heavy (non-hydrogen) atoms. The van der Waals surface area contributed by atoms with Gasteiger partial charge >= 0.3 is 0 Å². The molecular weight excluding hydrogens is 426 g/mol. The van der Waals surface area contributed by atoms with Gasteiger partial charge in [-0.05, 0) is 78.9 Å². The topological polar surface area (TPSA) is 21.7 Å². The Labute approximate surface area is 201 Å². The Morgan fingerprint density at radius 1 is 1.06 bits per heavy atom. The van der Waals surface area contributed by atoms with Crippen LogP contribution in [0, 0.1) is 11.8 Å². The molecule has 0 bridgehead atoms. The molecule has 2 unspecified atom stereocenters. The smallest absolute Gasteiger partial charge is 0.119 e. The van der Waals surface area contributed by atoms with E-state index in [0.29, 0.717) is 11.8 Å². The summed E-state index contributed by atoms with van der Waals surface area (Å²) in [5.74, 6) is 2.78. The highest BCUT2D eigenvalue weighted by atomic mass is 32.2. The molecule has 0 spiro atoms. The zero-order chi connectivity index (χ0) is 22.2. The number of methoxy groups -OCH3 is 1. The van der Waals surface area contributed by atoms with Crippen molar-refractivity contribution >= 4 is 17.3 Å². The van der Waals surface area contributed by atoms with Gasteiger partial charge in [-0.25, -0.2) is 0 Å². The Morgan fingerprint density at radius 2 is 1.91 bits per heavy atom. The first-order valence-corrected chi connectivity index (χ1v) is 13.1. The van der Waals surface area contributed by atoms with Crippen molar-refractivity contribution < 1.29 is 9.47 Å². The maximum absolute atomic E-state index is 6.10. The number of hydrogen-bond acceptors (Lipinski definition) is 4. The van der Waals surface area contributed by atoms with Gasteiger partial charge in [0.1, 0.15) is 18.1 Å². The number of likely N-dealkylation sites (tertiary alicyclic amines) is 1. The summed E-state index contributed by atoms with van der Waals surface area (Å²) in [5, 5.41) is 0. The summed E-state index contributed by atoms with van der Waals surface area (Å²) in [5.41, 5.74) is 5.68. The fourth-order valence-corrected chi connectivity index (χ4v) is 7.19. The van der Waals surface area contributed by atoms with Gasteiger partial charge in [0.2, 0.25) is 0 Å². The van der Waals surface area contributed by atoms with Crippen LogP contribution in [-0.2, 0) is 4.74 Å². The second kappa shape index (κ2) is 9.08. The van der Waals surface area contributed by atoms with Crippen LogP contribution in [0.1, 0.15) is 31.2 Å². The van der Waals surface area contributed by atoms with Crippen LogP contribution in [0.3, 0.4) is 0 Å². The standard InChI is InChI=1S/C29H31NO2S/c1-31-22-13-14-25-26(19-22)33-29-24-8-4-3-7-23(24)27(28(25)29)20-9-11-21(12-10-20)32-18-17-30-15-5-2-6-16-30/h3-4,7-13,19,24-25H,2,5-6,14-18H2,1H3. The van der Waals surface area contributed by atoms with Gasteiger partial charge in [-0.15, -0.1) is 0 Å². The highest BCUT2D eigenvalue weighted by Crippen LogP contribution is 2.62. The Morgan fingerprint density at radius 3 is 2.73 bits per heavy atom. The minimum absolute atomic E-state index is 0.378. The van der Waals surface area contributed by atoms with E-state index in [1.165, 1.54) is 64.4 Å². The van der Waals surface area contributed by atoms with Crippen molar-refractivity contribution in [1.82, 2.24) is 4.90 Å². The molecule has 4 heteroatoms. The van der Waals surface area contributed by atoms with Gasteiger partial charge in [0.25, 0.3) is 0 Å². The lowest BCUT2D eigenvalue weighted by atomic mass is 9.84. The molecule has 5 aliphatic rings. The van der Waals surface area contributed by atoms with Crippen LogP contribution in [-0.4, -0.2) is 38.3 Å². The molecule has 0 amide bonds. The SMILES string of the molecule is COC1=CCC2C(=C1)SC1=C2C(c2ccc(OCCN3CCCCC3)cc2)=C2C=CC=CC21. The molecule has 3 nitrogen and oxygen atoms in total. The third-order valence-corrected chi connectivity index (χ3v) is 8.73. The van der Waals surface area contributed by atoms with Crippen LogP contribution in [0.2, 0.25) is 0 Å². The van der Waals surface area contributed by atoms with Gasteiger partial charge in [0.05, 0.1) is 7.11 Å². The van der Waals surface area contributed by atoms with Crippen molar-refractivity contribution in [2.24, 2.45) is 11.8 Å². The predicted octanol–water partition coefficient (Wildman–Crippen LogP) is 6.50. The van der Waals surface area contributed by atoms with Crippen molar-refractivity contribution in [3.8, 4) is 5.75 Å². The molecule has 2 aliphatic heterocycles. The lowest BCUT2D eigenvalue weighted by Crippen LogP contribution is -2.33. The maximum atomic E-state index is 6.10. The number of allylic oxidation sites excluding steroid dienone is 11. The fourth-order valence-electron chi connectivity index (χ4n) is 5.72. The van der Waals surface area contributed by atoms with E-state index in [1.807, 2.05) is 11.8 Å². The summed E-state index contributed by atoms with van der Waals surface area (Å²) in [6.07, 6.45) is 18.5. The molecule has 6 rings (SSSR count). The Kier molecular flexibility index (Phi) is 5.81. The molecule has 1 fully saturated rings. The van der Waals surface area contributed by atoms with Gasteiger partial charge < -0.3 is 9.47 Å². The number of benzene rings is 1. The minimum atomic E-state index is 0.378. The van der Waals surface area contributed by atoms with Gasteiger partial charge in [-0.3, -0.25) is 4.90 Å². The predicted molar refractivity (Wildman–Crippen MR) is 137 cm³/mol. The van der Waals surface area contributed by atoms with E-state index in [0.717, 1.165) is 31.1 Å². The van der Waals surface area contributed by atoms with E-state index in [4.69, 9.17) is 9.47 Å². The van der Waals surface area contributed by atoms with E-state index >= 15 is 0 Å². The Balaban J connectivity index is 1.23. The number of fused-ring (bicyclic) bond motifs is 4. The average Bonchev–Trinajstić information content (AvgIpc) is 3.39. The van der Waals surface area contributed by atoms with Crippen molar-refractivity contribution in [3.63, 3.8) is 0 Å². The quantitative estimate of drug-likeness (QED) is 0.486. The minimum Gasteiger partial charge on any atom is -0.497 e. The number of rotatable bonds is 6. The van der Waals surface area contributed by atoms with E-state index in [1.54, 1.807) is 7.11 Å². The van der Waals surface area contributed by atoms with Crippen molar-refractivity contribution in [2.45, 2.75) is 25.7 Å².